The number of carbonyl (C=O) groups excluding carboxylic acids is 1. The molecule has 0 heterocycles. The number of rotatable bonds is 4. The van der Waals surface area contributed by atoms with Crippen LogP contribution in [0.15, 0.2) is 18.2 Å². The molecule has 0 radical (unpaired) electrons. The molecule has 1 amide bonds. The molecule has 0 spiro atoms. The lowest BCUT2D eigenvalue weighted by Gasteiger charge is -2.22. The average Bonchev–Trinajstić information content (AvgIpc) is 2.85. The number of nitro groups is 1. The predicted molar refractivity (Wildman–Crippen MR) is 87.5 cm³/mol. The van der Waals surface area contributed by atoms with Crippen LogP contribution < -0.4 is 10.6 Å². The number of benzene rings is 1. The summed E-state index contributed by atoms with van der Waals surface area (Å²) in [5.41, 5.74) is -0.626. The molecule has 7 nitrogen and oxygen atoms in total. The number of anilines is 1. The summed E-state index contributed by atoms with van der Waals surface area (Å²) in [7, 11) is 0. The molecule has 1 aromatic carbocycles. The fourth-order valence-electron chi connectivity index (χ4n) is 2.68. The molecular weight excluding hydrogens is 317 g/mol. The molecule has 24 heavy (non-hydrogen) atoms. The van der Waals surface area contributed by atoms with Gasteiger partial charge in [-0.15, -0.1) is 0 Å². The molecule has 0 saturated heterocycles. The summed E-state index contributed by atoms with van der Waals surface area (Å²) in [4.78, 5) is 22.0. The molecule has 132 valence electrons. The molecular formula is C16H22FN3O4. The van der Waals surface area contributed by atoms with E-state index in [0.29, 0.717) is 6.42 Å². The molecule has 0 aromatic heterocycles. The minimum Gasteiger partial charge on any atom is -0.444 e. The van der Waals surface area contributed by atoms with Gasteiger partial charge in [0.2, 0.25) is 0 Å². The second-order valence-electron chi connectivity index (χ2n) is 6.92. The maximum atomic E-state index is 13.8. The van der Waals surface area contributed by atoms with E-state index in [4.69, 9.17) is 4.74 Å². The number of nitro benzene ring substituents is 1. The van der Waals surface area contributed by atoms with E-state index >= 15 is 0 Å². The SMILES string of the molecule is CC(C)(C)OC(=O)NC1CCC(Nc2cc([N+](=O)[O-])ccc2F)C1. The highest BCUT2D eigenvalue weighted by Crippen LogP contribution is 2.27. The van der Waals surface area contributed by atoms with E-state index in [9.17, 15) is 19.3 Å². The zero-order chi connectivity index (χ0) is 17.9. The quantitative estimate of drug-likeness (QED) is 0.646. The van der Waals surface area contributed by atoms with Crippen LogP contribution in [0.3, 0.4) is 0 Å². The Kier molecular flexibility index (Phi) is 5.26. The van der Waals surface area contributed by atoms with Crippen LogP contribution in [0.5, 0.6) is 0 Å². The number of non-ortho nitro benzene ring substituents is 1. The van der Waals surface area contributed by atoms with E-state index in [1.807, 2.05) is 0 Å². The van der Waals surface area contributed by atoms with Gasteiger partial charge in [0.1, 0.15) is 11.4 Å². The fraction of sp³-hybridized carbons (Fsp3) is 0.562. The lowest BCUT2D eigenvalue weighted by atomic mass is 10.2. The van der Waals surface area contributed by atoms with Crippen LogP contribution in [-0.2, 0) is 4.74 Å². The van der Waals surface area contributed by atoms with E-state index in [1.54, 1.807) is 20.8 Å². The highest BCUT2D eigenvalue weighted by atomic mass is 19.1. The van der Waals surface area contributed by atoms with Gasteiger partial charge in [0.25, 0.3) is 5.69 Å². The van der Waals surface area contributed by atoms with Gasteiger partial charge in [-0.05, 0) is 46.1 Å². The molecule has 1 fully saturated rings. The van der Waals surface area contributed by atoms with E-state index in [-0.39, 0.29) is 23.5 Å². The van der Waals surface area contributed by atoms with Gasteiger partial charge >= 0.3 is 6.09 Å². The van der Waals surface area contributed by atoms with Crippen molar-refractivity contribution in [2.75, 3.05) is 5.32 Å². The van der Waals surface area contributed by atoms with Crippen LogP contribution in [0.1, 0.15) is 40.0 Å². The van der Waals surface area contributed by atoms with Crippen LogP contribution in [0.2, 0.25) is 0 Å². The Hall–Kier alpha value is -2.38. The van der Waals surface area contributed by atoms with Crippen molar-refractivity contribution in [1.29, 1.82) is 0 Å². The van der Waals surface area contributed by atoms with Crippen molar-refractivity contribution in [3.8, 4) is 0 Å². The van der Waals surface area contributed by atoms with Gasteiger partial charge in [0, 0.05) is 24.2 Å². The zero-order valence-corrected chi connectivity index (χ0v) is 14.0. The van der Waals surface area contributed by atoms with Crippen LogP contribution in [0.4, 0.5) is 20.6 Å². The minimum absolute atomic E-state index is 0.0681. The summed E-state index contributed by atoms with van der Waals surface area (Å²) in [5, 5.41) is 16.6. The van der Waals surface area contributed by atoms with Gasteiger partial charge in [-0.3, -0.25) is 10.1 Å². The van der Waals surface area contributed by atoms with E-state index < -0.39 is 22.4 Å². The maximum Gasteiger partial charge on any atom is 0.407 e. The molecule has 1 aliphatic carbocycles. The van der Waals surface area contributed by atoms with Gasteiger partial charge in [-0.1, -0.05) is 0 Å². The largest absolute Gasteiger partial charge is 0.444 e. The van der Waals surface area contributed by atoms with Gasteiger partial charge in [-0.25, -0.2) is 9.18 Å². The maximum absolute atomic E-state index is 13.8. The molecule has 2 rings (SSSR count). The number of nitrogens with zero attached hydrogens (tertiary/aromatic N) is 1. The Balaban J connectivity index is 1.91. The first-order chi connectivity index (χ1) is 11.1. The first-order valence-electron chi connectivity index (χ1n) is 7.84. The third-order valence-corrected chi connectivity index (χ3v) is 3.67. The first-order valence-corrected chi connectivity index (χ1v) is 7.84. The molecule has 2 N–H and O–H groups in total. The second kappa shape index (κ2) is 7.02. The van der Waals surface area contributed by atoms with Crippen molar-refractivity contribution in [1.82, 2.24) is 5.32 Å². The Labute approximate surface area is 139 Å². The van der Waals surface area contributed by atoms with E-state index in [1.165, 1.54) is 6.07 Å². The Morgan fingerprint density at radius 1 is 1.33 bits per heavy atom. The smallest absolute Gasteiger partial charge is 0.407 e. The number of carbonyl (C=O) groups is 1. The summed E-state index contributed by atoms with van der Waals surface area (Å²) in [6, 6.07) is 3.25. The Morgan fingerprint density at radius 2 is 2.00 bits per heavy atom. The summed E-state index contributed by atoms with van der Waals surface area (Å²) in [5.74, 6) is -0.538. The summed E-state index contributed by atoms with van der Waals surface area (Å²) < 4.78 is 19.0. The van der Waals surface area contributed by atoms with Gasteiger partial charge in [-0.2, -0.15) is 0 Å². The van der Waals surface area contributed by atoms with Crippen molar-refractivity contribution in [2.24, 2.45) is 0 Å². The molecule has 8 heteroatoms. The number of ether oxygens (including phenoxy) is 1. The fourth-order valence-corrected chi connectivity index (χ4v) is 2.68. The number of nitrogens with one attached hydrogen (secondary N) is 2. The summed E-state index contributed by atoms with van der Waals surface area (Å²) in [6.45, 7) is 5.37. The molecule has 1 aromatic rings. The molecule has 2 unspecified atom stereocenters. The van der Waals surface area contributed by atoms with Gasteiger partial charge < -0.3 is 15.4 Å². The number of halogens is 1. The lowest BCUT2D eigenvalue weighted by Crippen LogP contribution is -2.38. The first kappa shape index (κ1) is 18.0. The second-order valence-corrected chi connectivity index (χ2v) is 6.92. The highest BCUT2D eigenvalue weighted by Gasteiger charge is 2.28. The van der Waals surface area contributed by atoms with Gasteiger partial charge in [0.15, 0.2) is 0 Å². The van der Waals surface area contributed by atoms with Crippen molar-refractivity contribution < 1.29 is 18.8 Å². The Morgan fingerprint density at radius 3 is 2.62 bits per heavy atom. The average molecular weight is 339 g/mol. The van der Waals surface area contributed by atoms with Crippen molar-refractivity contribution in [3.63, 3.8) is 0 Å². The topological polar surface area (TPSA) is 93.5 Å². The third-order valence-electron chi connectivity index (χ3n) is 3.67. The van der Waals surface area contributed by atoms with E-state index in [0.717, 1.165) is 25.0 Å². The number of hydrogen-bond donors (Lipinski definition) is 2. The Bertz CT molecular complexity index is 630. The summed E-state index contributed by atoms with van der Waals surface area (Å²) >= 11 is 0. The van der Waals surface area contributed by atoms with Crippen LogP contribution >= 0.6 is 0 Å². The molecule has 2 atom stereocenters. The zero-order valence-electron chi connectivity index (χ0n) is 14.0. The predicted octanol–water partition coefficient (Wildman–Crippen LogP) is 3.59. The van der Waals surface area contributed by atoms with Gasteiger partial charge in [0.05, 0.1) is 10.6 Å². The van der Waals surface area contributed by atoms with Crippen LogP contribution in [-0.4, -0.2) is 28.7 Å². The van der Waals surface area contributed by atoms with Crippen LogP contribution in [0, 0.1) is 15.9 Å². The van der Waals surface area contributed by atoms with Crippen molar-refractivity contribution >= 4 is 17.5 Å². The summed E-state index contributed by atoms with van der Waals surface area (Å²) in [6.07, 6.45) is 1.58. The number of amides is 1. The van der Waals surface area contributed by atoms with Crippen molar-refractivity contribution in [2.45, 2.75) is 57.7 Å². The molecule has 1 aliphatic rings. The monoisotopic (exact) mass is 339 g/mol. The lowest BCUT2D eigenvalue weighted by molar-refractivity contribution is -0.384. The standard InChI is InChI=1S/C16H22FN3O4/c1-16(2,3)24-15(21)19-11-5-4-10(8-11)18-14-9-12(20(22)23)6-7-13(14)17/h6-7,9-11,18H,4-5,8H2,1-3H3,(H,19,21). The number of hydrogen-bond acceptors (Lipinski definition) is 5. The number of alkyl carbamates (subject to hydrolysis) is 1. The minimum atomic E-state index is -0.563. The molecule has 0 aliphatic heterocycles. The van der Waals surface area contributed by atoms with Crippen molar-refractivity contribution in [3.05, 3.63) is 34.1 Å². The van der Waals surface area contributed by atoms with Crippen LogP contribution in [0.25, 0.3) is 0 Å². The third kappa shape index (κ3) is 5.07. The highest BCUT2D eigenvalue weighted by molar-refractivity contribution is 5.68. The normalized spacial score (nSPS) is 20.5. The molecule has 0 bridgehead atoms. The molecule has 1 saturated carbocycles. The van der Waals surface area contributed by atoms with E-state index in [2.05, 4.69) is 10.6 Å².